The molecule has 0 bridgehead atoms. The molecule has 5 aromatic rings. The van der Waals surface area contributed by atoms with Gasteiger partial charge in [-0.3, -0.25) is 9.59 Å². The van der Waals surface area contributed by atoms with Crippen molar-refractivity contribution < 1.29 is 9.22 Å². The van der Waals surface area contributed by atoms with Crippen LogP contribution >= 0.6 is 0 Å². The van der Waals surface area contributed by atoms with Crippen LogP contribution in [0.15, 0.2) is 95.9 Å². The average Bonchev–Trinajstić information content (AvgIpc) is 3.44. The van der Waals surface area contributed by atoms with Gasteiger partial charge in [0.2, 0.25) is 11.9 Å². The highest BCUT2D eigenvalue weighted by Crippen LogP contribution is 2.41. The minimum absolute atomic E-state index is 0.0750. The molecule has 12 heteroatoms. The number of aromatic nitrogens is 3. The third-order valence-corrected chi connectivity index (χ3v) is 24.1. The van der Waals surface area contributed by atoms with Gasteiger partial charge in [0, 0.05) is 56.2 Å². The molecule has 3 aromatic carbocycles. The molecule has 6 rings (SSSR count). The van der Waals surface area contributed by atoms with Crippen LogP contribution in [0.3, 0.4) is 0 Å². The summed E-state index contributed by atoms with van der Waals surface area (Å²) in [5, 5.41) is 9.62. The van der Waals surface area contributed by atoms with E-state index in [1.165, 1.54) is 10.4 Å². The number of H-pyrrole nitrogens is 1. The number of benzene rings is 3. The van der Waals surface area contributed by atoms with E-state index >= 15 is 0 Å². The van der Waals surface area contributed by atoms with Gasteiger partial charge in [-0.15, -0.1) is 5.54 Å². The third kappa shape index (κ3) is 10.2. The summed E-state index contributed by atoms with van der Waals surface area (Å²) in [4.78, 5) is 43.8. The summed E-state index contributed by atoms with van der Waals surface area (Å²) in [6, 6.07) is 28.7. The monoisotopic (exact) mass is 869 g/mol. The quantitative estimate of drug-likeness (QED) is 0.0576. The van der Waals surface area contributed by atoms with Crippen LogP contribution in [0, 0.1) is 11.5 Å². The van der Waals surface area contributed by atoms with Gasteiger partial charge >= 0.3 is 0 Å². The van der Waals surface area contributed by atoms with E-state index in [-0.39, 0.29) is 16.5 Å². The van der Waals surface area contributed by atoms with E-state index in [1.54, 1.807) is 12.3 Å². The van der Waals surface area contributed by atoms with Gasteiger partial charge in [0.1, 0.15) is 13.7 Å². The normalized spacial score (nSPS) is 14.2. The van der Waals surface area contributed by atoms with Crippen molar-refractivity contribution >= 4 is 66.7 Å². The minimum atomic E-state index is -2.72. The summed E-state index contributed by atoms with van der Waals surface area (Å²) in [6.07, 6.45) is 3.63. The highest BCUT2D eigenvalue weighted by molar-refractivity contribution is 6.99. The fourth-order valence-corrected chi connectivity index (χ4v) is 19.5. The molecule has 3 heterocycles. The first-order valence-corrected chi connectivity index (χ1v) is 26.5. The first-order valence-electron chi connectivity index (χ1n) is 22.4. The second kappa shape index (κ2) is 20.0. The molecule has 0 saturated carbocycles. The predicted octanol–water partition coefficient (Wildman–Crippen LogP) is 9.07. The van der Waals surface area contributed by atoms with Crippen LogP contribution in [0.2, 0.25) is 21.7 Å². The molecule has 10 nitrogen and oxygen atoms in total. The van der Waals surface area contributed by atoms with Gasteiger partial charge in [0.15, 0.2) is 0 Å². The Labute approximate surface area is 371 Å². The molecule has 0 spiro atoms. The molecular weight excluding hydrogens is 803 g/mol. The van der Waals surface area contributed by atoms with Crippen LogP contribution in [0.1, 0.15) is 87.1 Å². The van der Waals surface area contributed by atoms with Gasteiger partial charge in [-0.05, 0) is 76.7 Å². The van der Waals surface area contributed by atoms with Crippen molar-refractivity contribution in [2.24, 2.45) is 0 Å². The SMILES string of the molecule is CC(C)[Si](C#Cc1cc(=O)[nH]c2nc(Nc3ccc(N4CCCN(C)CC4)c(NC(=O)CCCO[Si](c4ccccc4)(c4ccccc4)C(C)(C)C)c3)ncc12)(C(C)C)C(C)C. The second-order valence-electron chi connectivity index (χ2n) is 18.8. The molecule has 1 aliphatic rings. The van der Waals surface area contributed by atoms with Gasteiger partial charge in [-0.2, -0.15) is 4.98 Å². The Morgan fingerprint density at radius 2 is 1.52 bits per heavy atom. The van der Waals surface area contributed by atoms with Crippen molar-refractivity contribution in [3.8, 4) is 11.5 Å². The lowest BCUT2D eigenvalue weighted by molar-refractivity contribution is -0.116. The maximum Gasteiger partial charge on any atom is 0.261 e. The van der Waals surface area contributed by atoms with Crippen LogP contribution in [0.25, 0.3) is 11.0 Å². The lowest BCUT2D eigenvalue weighted by Crippen LogP contribution is -2.66. The van der Waals surface area contributed by atoms with Crippen LogP contribution in [-0.2, 0) is 9.22 Å². The van der Waals surface area contributed by atoms with Crippen LogP contribution in [0.4, 0.5) is 23.0 Å². The summed E-state index contributed by atoms with van der Waals surface area (Å²) in [6.45, 7) is 24.6. The molecule has 3 N–H and O–H groups in total. The van der Waals surface area contributed by atoms with Crippen LogP contribution in [-0.4, -0.2) is 82.0 Å². The molecular formula is C50H67N7O3Si2. The second-order valence-corrected chi connectivity index (χ2v) is 28.7. The average molecular weight is 870 g/mol. The first-order chi connectivity index (χ1) is 29.5. The van der Waals surface area contributed by atoms with E-state index < -0.39 is 16.4 Å². The molecule has 2 aromatic heterocycles. The van der Waals surface area contributed by atoms with Crippen molar-refractivity contribution in [1.82, 2.24) is 19.9 Å². The number of nitrogens with zero attached hydrogens (tertiary/aromatic N) is 4. The largest absolute Gasteiger partial charge is 0.407 e. The molecule has 62 heavy (non-hydrogen) atoms. The summed E-state index contributed by atoms with van der Waals surface area (Å²) >= 11 is 0. The highest BCUT2D eigenvalue weighted by atomic mass is 28.4. The van der Waals surface area contributed by atoms with E-state index in [1.807, 2.05) is 24.3 Å². The van der Waals surface area contributed by atoms with E-state index in [2.05, 4.69) is 166 Å². The Bertz CT molecular complexity index is 2360. The van der Waals surface area contributed by atoms with Gasteiger partial charge in [-0.25, -0.2) is 4.98 Å². The number of hydrogen-bond acceptors (Lipinski definition) is 8. The fraction of sp³-hybridized carbons (Fsp3) is 0.440. The lowest BCUT2D eigenvalue weighted by Gasteiger charge is -2.43. The van der Waals surface area contributed by atoms with Crippen molar-refractivity contribution in [1.29, 1.82) is 0 Å². The van der Waals surface area contributed by atoms with E-state index in [4.69, 9.17) is 9.41 Å². The summed E-state index contributed by atoms with van der Waals surface area (Å²) in [7, 11) is -2.60. The van der Waals surface area contributed by atoms with Crippen molar-refractivity contribution in [2.75, 3.05) is 55.4 Å². The molecule has 0 atom stereocenters. The van der Waals surface area contributed by atoms with Crippen molar-refractivity contribution in [3.63, 3.8) is 0 Å². The number of amides is 1. The van der Waals surface area contributed by atoms with Gasteiger partial charge in [0.25, 0.3) is 13.9 Å². The molecule has 1 fully saturated rings. The number of nitrogens with one attached hydrogen (secondary N) is 3. The number of fused-ring (bicyclic) bond motifs is 1. The summed E-state index contributed by atoms with van der Waals surface area (Å²) in [5.41, 5.74) is 8.34. The number of rotatable bonds is 14. The Kier molecular flexibility index (Phi) is 15.0. The van der Waals surface area contributed by atoms with E-state index in [0.717, 1.165) is 44.0 Å². The lowest BCUT2D eigenvalue weighted by atomic mass is 10.2. The fourth-order valence-electron chi connectivity index (χ4n) is 9.65. The predicted molar refractivity (Wildman–Crippen MR) is 264 cm³/mol. The molecule has 328 valence electrons. The maximum atomic E-state index is 13.9. The van der Waals surface area contributed by atoms with Gasteiger partial charge in [0.05, 0.1) is 16.8 Å². The van der Waals surface area contributed by atoms with Crippen molar-refractivity contribution in [2.45, 2.75) is 103 Å². The zero-order valence-electron chi connectivity index (χ0n) is 38.6. The van der Waals surface area contributed by atoms with Crippen molar-refractivity contribution in [3.05, 3.63) is 107 Å². The van der Waals surface area contributed by atoms with Gasteiger partial charge in [-0.1, -0.05) is 129 Å². The number of pyridine rings is 1. The topological polar surface area (TPSA) is 115 Å². The Balaban J connectivity index is 1.24. The Morgan fingerprint density at radius 3 is 2.13 bits per heavy atom. The highest BCUT2D eigenvalue weighted by Gasteiger charge is 2.50. The number of aromatic amines is 1. The molecule has 1 aliphatic heterocycles. The number of carbonyl (C=O) groups is 1. The molecule has 1 saturated heterocycles. The summed E-state index contributed by atoms with van der Waals surface area (Å²) in [5.74, 6) is 3.69. The maximum absolute atomic E-state index is 13.9. The molecule has 0 aliphatic carbocycles. The smallest absolute Gasteiger partial charge is 0.261 e. The molecule has 0 unspecified atom stereocenters. The first kappa shape index (κ1) is 46.4. The van der Waals surface area contributed by atoms with Gasteiger partial charge < -0.3 is 29.8 Å². The Morgan fingerprint density at radius 1 is 0.871 bits per heavy atom. The van der Waals surface area contributed by atoms with E-state index in [9.17, 15) is 9.59 Å². The molecule has 0 radical (unpaired) electrons. The zero-order valence-corrected chi connectivity index (χ0v) is 40.6. The van der Waals surface area contributed by atoms with Crippen LogP contribution < -0.4 is 31.5 Å². The standard InChI is InChI=1S/C50H67N7O3Si2/c1-36(2)61(37(3)4,38(5)6)32-26-39-33-47(59)54-48-43(39)35-51-49(55-48)52-40-24-25-45(57-28-18-27-56(10)29-30-57)44(34-40)53-46(58)23-17-31-60-62(50(7,8)9,41-19-13-11-14-20-41)42-21-15-12-16-22-42/h11-16,19-22,24-25,33-38H,17-18,23,27-31H2,1-10H3,(H,53,58)(H2,51,52,54,55,59). The zero-order chi connectivity index (χ0) is 44.7. The number of hydrogen-bond donors (Lipinski definition) is 3. The minimum Gasteiger partial charge on any atom is -0.407 e. The van der Waals surface area contributed by atoms with Crippen LogP contribution in [0.5, 0.6) is 0 Å². The number of carbonyl (C=O) groups excluding carboxylic acids is 1. The Hall–Kier alpha value is -5.07. The number of anilines is 4. The number of likely N-dealkylation sites (N-methyl/N-ethyl adjacent to an activating group) is 1. The van der Waals surface area contributed by atoms with E-state index in [0.29, 0.717) is 64.3 Å². The third-order valence-electron chi connectivity index (χ3n) is 12.7. The summed E-state index contributed by atoms with van der Waals surface area (Å²) < 4.78 is 7.09. The molecule has 1 amide bonds.